The molecule has 0 saturated carbocycles. The Labute approximate surface area is 223 Å². The van der Waals surface area contributed by atoms with Crippen LogP contribution in [0.15, 0.2) is 82.4 Å². The molecule has 0 spiro atoms. The number of hydrazone groups is 1. The van der Waals surface area contributed by atoms with E-state index in [1.807, 2.05) is 0 Å². The van der Waals surface area contributed by atoms with Crippen LogP contribution < -0.4 is 24.5 Å². The van der Waals surface area contributed by atoms with E-state index in [1.165, 1.54) is 13.3 Å². The number of carbonyl (C=O) groups is 2. The fourth-order valence-electron chi connectivity index (χ4n) is 3.11. The first kappa shape index (κ1) is 27.7. The number of halogens is 1. The Morgan fingerprint density at radius 3 is 2.35 bits per heavy atom. The first-order valence-corrected chi connectivity index (χ1v) is 13.5. The maximum absolute atomic E-state index is 12.3. The van der Waals surface area contributed by atoms with Gasteiger partial charge >= 0.3 is 0 Å². The van der Waals surface area contributed by atoms with E-state index in [2.05, 4.69) is 31.8 Å². The Kier molecular flexibility index (Phi) is 9.64. The molecule has 0 aromatic heterocycles. The van der Waals surface area contributed by atoms with Gasteiger partial charge < -0.3 is 14.8 Å². The second kappa shape index (κ2) is 12.9. The van der Waals surface area contributed by atoms with Crippen molar-refractivity contribution in [1.82, 2.24) is 5.43 Å². The van der Waals surface area contributed by atoms with Gasteiger partial charge in [0, 0.05) is 4.47 Å². The van der Waals surface area contributed by atoms with E-state index < -0.39 is 22.5 Å². The monoisotopic (exact) mass is 588 g/mol. The molecule has 0 saturated heterocycles. The summed E-state index contributed by atoms with van der Waals surface area (Å²) in [6.45, 7) is -0.640. The third-order valence-electron chi connectivity index (χ3n) is 4.84. The zero-order valence-electron chi connectivity index (χ0n) is 20.0. The zero-order chi connectivity index (χ0) is 26.8. The van der Waals surface area contributed by atoms with Crippen LogP contribution in [-0.4, -0.2) is 53.0 Å². The molecular formula is C25H25BrN4O6S. The van der Waals surface area contributed by atoms with E-state index in [0.29, 0.717) is 32.9 Å². The lowest BCUT2D eigenvalue weighted by atomic mass is 10.2. The number of sulfonamides is 1. The minimum Gasteiger partial charge on any atom is -0.495 e. The fourth-order valence-corrected chi connectivity index (χ4v) is 4.60. The van der Waals surface area contributed by atoms with Crippen molar-refractivity contribution in [3.63, 3.8) is 0 Å². The van der Waals surface area contributed by atoms with Crippen LogP contribution in [0.2, 0.25) is 0 Å². The molecule has 2 amide bonds. The molecule has 0 aliphatic rings. The highest BCUT2D eigenvalue weighted by molar-refractivity contribution is 9.10. The Bertz CT molecular complexity index is 1380. The van der Waals surface area contributed by atoms with Crippen molar-refractivity contribution in [2.75, 3.05) is 36.1 Å². The number of benzene rings is 3. The largest absolute Gasteiger partial charge is 0.495 e. The van der Waals surface area contributed by atoms with Gasteiger partial charge in [-0.3, -0.25) is 13.9 Å². The SMILES string of the molecule is COc1ccccc1NC(=O)COc1ccc(/C=N\NC(=O)CN(c2ccccc2Br)S(C)(=O)=O)cc1. The minimum atomic E-state index is -3.71. The molecule has 3 aromatic carbocycles. The van der Waals surface area contributed by atoms with Crippen LogP contribution in [0.25, 0.3) is 0 Å². The number of para-hydroxylation sites is 3. The number of nitrogens with one attached hydrogen (secondary N) is 2. The topological polar surface area (TPSA) is 126 Å². The van der Waals surface area contributed by atoms with Gasteiger partial charge in [0.15, 0.2) is 6.61 Å². The molecule has 0 heterocycles. The quantitative estimate of drug-likeness (QED) is 0.261. The summed E-state index contributed by atoms with van der Waals surface area (Å²) >= 11 is 3.30. The molecule has 3 rings (SSSR count). The van der Waals surface area contributed by atoms with Crippen LogP contribution >= 0.6 is 15.9 Å². The van der Waals surface area contributed by atoms with E-state index in [-0.39, 0.29) is 12.5 Å². The number of methoxy groups -OCH3 is 1. The highest BCUT2D eigenvalue weighted by Gasteiger charge is 2.22. The standard InChI is InChI=1S/C25H25BrN4O6S/c1-35-23-10-6-4-8-21(23)28-25(32)17-36-19-13-11-18(12-14-19)15-27-29-24(31)16-30(37(2,33)34)22-9-5-3-7-20(22)26/h3-15H,16-17H2,1-2H3,(H,28,32)(H,29,31)/b27-15-. The lowest BCUT2D eigenvalue weighted by Crippen LogP contribution is -2.39. The van der Waals surface area contributed by atoms with Gasteiger partial charge in [-0.1, -0.05) is 24.3 Å². The van der Waals surface area contributed by atoms with Gasteiger partial charge in [0.05, 0.1) is 31.0 Å². The average Bonchev–Trinajstić information content (AvgIpc) is 2.87. The van der Waals surface area contributed by atoms with Gasteiger partial charge in [0.2, 0.25) is 10.0 Å². The number of hydrogen-bond donors (Lipinski definition) is 2. The number of hydrogen-bond acceptors (Lipinski definition) is 7. The number of anilines is 2. The molecule has 0 aliphatic carbocycles. The van der Waals surface area contributed by atoms with E-state index >= 15 is 0 Å². The van der Waals surface area contributed by atoms with Crippen LogP contribution in [0.1, 0.15) is 5.56 Å². The second-order valence-corrected chi connectivity index (χ2v) is 10.4. The summed E-state index contributed by atoms with van der Waals surface area (Å²) in [6.07, 6.45) is 2.42. The third-order valence-corrected chi connectivity index (χ3v) is 6.64. The van der Waals surface area contributed by atoms with Gasteiger partial charge in [0.25, 0.3) is 11.8 Å². The van der Waals surface area contributed by atoms with E-state index in [0.717, 1.165) is 10.6 Å². The average molecular weight is 589 g/mol. The fraction of sp³-hybridized carbons (Fsp3) is 0.160. The molecule has 0 atom stereocenters. The second-order valence-electron chi connectivity index (χ2n) is 7.62. The summed E-state index contributed by atoms with van der Waals surface area (Å²) in [7, 11) is -2.19. The summed E-state index contributed by atoms with van der Waals surface area (Å²) in [5.74, 6) is 0.0547. The van der Waals surface area contributed by atoms with Gasteiger partial charge in [-0.05, 0) is 70.0 Å². The summed E-state index contributed by atoms with van der Waals surface area (Å²) in [5.41, 5.74) is 3.86. The van der Waals surface area contributed by atoms with Gasteiger partial charge in [-0.15, -0.1) is 0 Å². The number of nitrogens with zero attached hydrogens (tertiary/aromatic N) is 2. The van der Waals surface area contributed by atoms with Crippen LogP contribution in [0.4, 0.5) is 11.4 Å². The first-order chi connectivity index (χ1) is 17.7. The molecule has 0 unspecified atom stereocenters. The molecule has 194 valence electrons. The van der Waals surface area contributed by atoms with E-state index in [1.54, 1.807) is 72.8 Å². The lowest BCUT2D eigenvalue weighted by molar-refractivity contribution is -0.119. The highest BCUT2D eigenvalue weighted by Crippen LogP contribution is 2.27. The maximum Gasteiger partial charge on any atom is 0.262 e. The van der Waals surface area contributed by atoms with Gasteiger partial charge in [-0.2, -0.15) is 5.10 Å². The Morgan fingerprint density at radius 1 is 1.00 bits per heavy atom. The van der Waals surface area contributed by atoms with Crippen LogP contribution in [0.5, 0.6) is 11.5 Å². The maximum atomic E-state index is 12.3. The Hall–Kier alpha value is -3.90. The Morgan fingerprint density at radius 2 is 1.68 bits per heavy atom. The van der Waals surface area contributed by atoms with E-state index in [9.17, 15) is 18.0 Å². The van der Waals surface area contributed by atoms with Crippen LogP contribution in [0.3, 0.4) is 0 Å². The van der Waals surface area contributed by atoms with Crippen LogP contribution in [0, 0.1) is 0 Å². The molecule has 12 heteroatoms. The van der Waals surface area contributed by atoms with Gasteiger partial charge in [-0.25, -0.2) is 13.8 Å². The summed E-state index contributed by atoms with van der Waals surface area (Å²) < 4.78 is 36.6. The summed E-state index contributed by atoms with van der Waals surface area (Å²) in [5, 5.41) is 6.61. The molecule has 0 bridgehead atoms. The summed E-state index contributed by atoms with van der Waals surface area (Å²) in [4.78, 5) is 24.5. The summed E-state index contributed by atoms with van der Waals surface area (Å²) in [6, 6.07) is 20.4. The number of amides is 2. The van der Waals surface area contributed by atoms with Crippen molar-refractivity contribution in [2.24, 2.45) is 5.10 Å². The van der Waals surface area contributed by atoms with Gasteiger partial charge in [0.1, 0.15) is 18.0 Å². The predicted molar refractivity (Wildman–Crippen MR) is 146 cm³/mol. The van der Waals surface area contributed by atoms with Crippen molar-refractivity contribution in [3.8, 4) is 11.5 Å². The van der Waals surface area contributed by atoms with Crippen molar-refractivity contribution in [1.29, 1.82) is 0 Å². The molecule has 0 radical (unpaired) electrons. The highest BCUT2D eigenvalue weighted by atomic mass is 79.9. The molecule has 0 aliphatic heterocycles. The van der Waals surface area contributed by atoms with Crippen molar-refractivity contribution < 1.29 is 27.5 Å². The van der Waals surface area contributed by atoms with Crippen LogP contribution in [-0.2, 0) is 19.6 Å². The zero-order valence-corrected chi connectivity index (χ0v) is 22.5. The molecule has 10 nitrogen and oxygen atoms in total. The lowest BCUT2D eigenvalue weighted by Gasteiger charge is -2.22. The Balaban J connectivity index is 1.51. The molecule has 37 heavy (non-hydrogen) atoms. The predicted octanol–water partition coefficient (Wildman–Crippen LogP) is 3.39. The number of rotatable bonds is 11. The molecule has 0 fully saturated rings. The van der Waals surface area contributed by atoms with E-state index in [4.69, 9.17) is 9.47 Å². The molecule has 3 aromatic rings. The normalized spacial score (nSPS) is 11.1. The third kappa shape index (κ3) is 8.33. The minimum absolute atomic E-state index is 0.199. The molecular weight excluding hydrogens is 564 g/mol. The smallest absolute Gasteiger partial charge is 0.262 e. The van der Waals surface area contributed by atoms with Crippen molar-refractivity contribution >= 4 is 55.4 Å². The van der Waals surface area contributed by atoms with Crippen molar-refractivity contribution in [2.45, 2.75) is 0 Å². The number of carbonyl (C=O) groups excluding carboxylic acids is 2. The molecule has 2 N–H and O–H groups in total. The number of ether oxygens (including phenoxy) is 2. The first-order valence-electron chi connectivity index (χ1n) is 10.9. The van der Waals surface area contributed by atoms with Crippen molar-refractivity contribution in [3.05, 3.63) is 82.8 Å².